The van der Waals surface area contributed by atoms with Crippen molar-refractivity contribution in [1.29, 1.82) is 0 Å². The summed E-state index contributed by atoms with van der Waals surface area (Å²) in [6.45, 7) is 7.23. The van der Waals surface area contributed by atoms with Gasteiger partial charge < -0.3 is 19.5 Å². The molecule has 3 aromatic rings. The van der Waals surface area contributed by atoms with E-state index in [1.54, 1.807) is 42.5 Å². The van der Waals surface area contributed by atoms with Crippen LogP contribution in [0.15, 0.2) is 66.7 Å². The first-order valence-corrected chi connectivity index (χ1v) is 14.1. The number of amides is 1. The number of nitrogens with one attached hydrogen (secondary N) is 1. The number of rotatable bonds is 11. The van der Waals surface area contributed by atoms with Crippen molar-refractivity contribution in [2.24, 2.45) is 0 Å². The van der Waals surface area contributed by atoms with E-state index in [9.17, 15) is 13.2 Å². The summed E-state index contributed by atoms with van der Waals surface area (Å²) in [5.74, 6) is 1.44. The van der Waals surface area contributed by atoms with Crippen LogP contribution < -0.4 is 23.8 Å². The Morgan fingerprint density at radius 3 is 2.08 bits per heavy atom. The highest BCUT2D eigenvalue weighted by atomic mass is 32.2. The minimum atomic E-state index is -3.62. The maximum absolute atomic E-state index is 12.6. The van der Waals surface area contributed by atoms with Crippen molar-refractivity contribution >= 4 is 21.6 Å². The molecule has 0 aliphatic heterocycles. The predicted molar refractivity (Wildman–Crippen MR) is 150 cm³/mol. The molecular weight excluding hydrogens is 504 g/mol. The number of carbonyl (C=O) groups is 1. The molecule has 0 aliphatic carbocycles. The number of sulfonamides is 1. The Morgan fingerprint density at radius 2 is 1.53 bits per heavy atom. The number of benzene rings is 3. The van der Waals surface area contributed by atoms with Gasteiger partial charge in [0.1, 0.15) is 23.9 Å². The summed E-state index contributed by atoms with van der Waals surface area (Å²) >= 11 is 0. The molecule has 0 bridgehead atoms. The van der Waals surface area contributed by atoms with Crippen molar-refractivity contribution in [3.63, 3.8) is 0 Å². The van der Waals surface area contributed by atoms with Gasteiger partial charge in [0.25, 0.3) is 5.91 Å². The largest absolute Gasteiger partial charge is 0.497 e. The second kappa shape index (κ2) is 12.2. The first-order chi connectivity index (χ1) is 17.9. The lowest BCUT2D eigenvalue weighted by Gasteiger charge is -2.24. The van der Waals surface area contributed by atoms with Gasteiger partial charge in [-0.15, -0.1) is 0 Å². The van der Waals surface area contributed by atoms with E-state index in [0.717, 1.165) is 12.0 Å². The van der Waals surface area contributed by atoms with Crippen LogP contribution in [-0.4, -0.2) is 48.0 Å². The van der Waals surface area contributed by atoms with Crippen molar-refractivity contribution in [3.8, 4) is 17.2 Å². The van der Waals surface area contributed by atoms with E-state index < -0.39 is 10.0 Å². The molecule has 0 radical (unpaired) electrons. The summed E-state index contributed by atoms with van der Waals surface area (Å²) < 4.78 is 42.8. The van der Waals surface area contributed by atoms with Crippen LogP contribution in [0.2, 0.25) is 0 Å². The molecule has 0 atom stereocenters. The Bertz CT molecular complexity index is 1330. The Kier molecular flexibility index (Phi) is 9.27. The first kappa shape index (κ1) is 28.8. The Morgan fingerprint density at radius 1 is 0.895 bits per heavy atom. The third kappa shape index (κ3) is 7.64. The summed E-state index contributed by atoms with van der Waals surface area (Å²) in [6, 6.07) is 19.7. The SMILES string of the molecule is COc1ccc(N(Cc2ccc(C(=O)NCCOc3ccc(C(C)(C)C)cc3)cc2)S(C)(=O)=O)c(OC)c1. The summed E-state index contributed by atoms with van der Waals surface area (Å²) in [4.78, 5) is 12.6. The highest BCUT2D eigenvalue weighted by Crippen LogP contribution is 2.34. The van der Waals surface area contributed by atoms with Crippen molar-refractivity contribution < 1.29 is 27.4 Å². The molecule has 1 amide bonds. The molecule has 0 unspecified atom stereocenters. The van der Waals surface area contributed by atoms with Crippen LogP contribution in [0.25, 0.3) is 0 Å². The van der Waals surface area contributed by atoms with Gasteiger partial charge in [-0.25, -0.2) is 8.42 Å². The van der Waals surface area contributed by atoms with Gasteiger partial charge in [-0.3, -0.25) is 9.10 Å². The summed E-state index contributed by atoms with van der Waals surface area (Å²) in [6.07, 6.45) is 1.14. The predicted octanol–water partition coefficient (Wildman–Crippen LogP) is 4.78. The molecule has 3 aromatic carbocycles. The number of anilines is 1. The third-order valence-corrected chi connectivity index (χ3v) is 7.10. The van der Waals surface area contributed by atoms with Gasteiger partial charge in [-0.1, -0.05) is 45.0 Å². The van der Waals surface area contributed by atoms with Gasteiger partial charge in [0.2, 0.25) is 10.0 Å². The highest BCUT2D eigenvalue weighted by molar-refractivity contribution is 7.92. The van der Waals surface area contributed by atoms with E-state index >= 15 is 0 Å². The fourth-order valence-electron chi connectivity index (χ4n) is 3.79. The second-order valence-corrected chi connectivity index (χ2v) is 11.8. The molecule has 0 spiro atoms. The van der Waals surface area contributed by atoms with Gasteiger partial charge in [0.05, 0.1) is 39.3 Å². The normalized spacial score (nSPS) is 11.5. The molecule has 0 fully saturated rings. The van der Waals surface area contributed by atoms with Crippen LogP contribution in [0, 0.1) is 0 Å². The quantitative estimate of drug-likeness (QED) is 0.352. The van der Waals surface area contributed by atoms with E-state index in [2.05, 4.69) is 26.1 Å². The van der Waals surface area contributed by atoms with Crippen molar-refractivity contribution in [2.45, 2.75) is 32.7 Å². The summed E-state index contributed by atoms with van der Waals surface area (Å²) in [5, 5.41) is 2.84. The zero-order valence-electron chi connectivity index (χ0n) is 22.8. The molecule has 3 rings (SSSR count). The average molecular weight is 541 g/mol. The second-order valence-electron chi connectivity index (χ2n) is 9.88. The maximum Gasteiger partial charge on any atom is 0.251 e. The molecule has 8 nitrogen and oxygen atoms in total. The molecule has 204 valence electrons. The smallest absolute Gasteiger partial charge is 0.251 e. The summed E-state index contributed by atoms with van der Waals surface area (Å²) in [7, 11) is -0.624. The minimum absolute atomic E-state index is 0.0747. The molecule has 0 heterocycles. The van der Waals surface area contributed by atoms with E-state index in [4.69, 9.17) is 14.2 Å². The molecule has 0 aliphatic rings. The first-order valence-electron chi connectivity index (χ1n) is 12.2. The average Bonchev–Trinajstić information content (AvgIpc) is 2.88. The lowest BCUT2D eigenvalue weighted by Crippen LogP contribution is -2.30. The molecule has 38 heavy (non-hydrogen) atoms. The number of nitrogens with zero attached hydrogens (tertiary/aromatic N) is 1. The zero-order valence-corrected chi connectivity index (χ0v) is 23.6. The molecule has 0 aromatic heterocycles. The number of carbonyl (C=O) groups excluding carboxylic acids is 1. The van der Waals surface area contributed by atoms with E-state index in [1.807, 2.05) is 24.3 Å². The minimum Gasteiger partial charge on any atom is -0.497 e. The van der Waals surface area contributed by atoms with Crippen molar-refractivity contribution in [2.75, 3.05) is 37.9 Å². The van der Waals surface area contributed by atoms with E-state index in [0.29, 0.717) is 41.5 Å². The number of methoxy groups -OCH3 is 2. The number of hydrogen-bond acceptors (Lipinski definition) is 6. The molecular formula is C29H36N2O6S. The van der Waals surface area contributed by atoms with Crippen molar-refractivity contribution in [1.82, 2.24) is 5.32 Å². The van der Waals surface area contributed by atoms with E-state index in [-0.39, 0.29) is 17.9 Å². The Balaban J connectivity index is 1.59. The Hall–Kier alpha value is -3.72. The van der Waals surface area contributed by atoms with Crippen LogP contribution in [0.5, 0.6) is 17.2 Å². The highest BCUT2D eigenvalue weighted by Gasteiger charge is 2.22. The number of ether oxygens (including phenoxy) is 3. The fourth-order valence-corrected chi connectivity index (χ4v) is 4.68. The molecule has 9 heteroatoms. The fraction of sp³-hybridized carbons (Fsp3) is 0.345. The molecule has 1 N–H and O–H groups in total. The lowest BCUT2D eigenvalue weighted by molar-refractivity contribution is 0.0947. The lowest BCUT2D eigenvalue weighted by atomic mass is 9.87. The third-order valence-electron chi connectivity index (χ3n) is 5.97. The summed E-state index contributed by atoms with van der Waals surface area (Å²) in [5.41, 5.74) is 2.88. The zero-order chi connectivity index (χ0) is 27.9. The van der Waals surface area contributed by atoms with E-state index in [1.165, 1.54) is 24.1 Å². The van der Waals surface area contributed by atoms with Crippen LogP contribution in [0.1, 0.15) is 42.3 Å². The van der Waals surface area contributed by atoms with Gasteiger partial charge in [0.15, 0.2) is 0 Å². The maximum atomic E-state index is 12.6. The van der Waals surface area contributed by atoms with Crippen LogP contribution in [-0.2, 0) is 22.0 Å². The monoisotopic (exact) mass is 540 g/mol. The molecule has 0 saturated heterocycles. The van der Waals surface area contributed by atoms with Gasteiger partial charge >= 0.3 is 0 Å². The number of hydrogen-bond donors (Lipinski definition) is 1. The van der Waals surface area contributed by atoms with Crippen molar-refractivity contribution in [3.05, 3.63) is 83.4 Å². The molecule has 0 saturated carbocycles. The Labute approximate surface area is 225 Å². The topological polar surface area (TPSA) is 94.2 Å². The van der Waals surface area contributed by atoms with Gasteiger partial charge in [-0.05, 0) is 52.9 Å². The van der Waals surface area contributed by atoms with Gasteiger partial charge in [-0.2, -0.15) is 0 Å². The van der Waals surface area contributed by atoms with Crippen LogP contribution >= 0.6 is 0 Å². The van der Waals surface area contributed by atoms with Crippen LogP contribution in [0.4, 0.5) is 5.69 Å². The van der Waals surface area contributed by atoms with Crippen LogP contribution in [0.3, 0.4) is 0 Å². The van der Waals surface area contributed by atoms with Gasteiger partial charge in [0, 0.05) is 11.6 Å². The standard InChI is InChI=1S/C29H36N2O6S/c1-29(2,3)23-11-13-24(14-12-23)37-18-17-30-28(32)22-9-7-21(8-10-22)20-31(38(6,33)34)26-16-15-25(35-4)19-27(26)36-5/h7-16,19H,17-18,20H2,1-6H3,(H,30,32).